The van der Waals surface area contributed by atoms with Crippen LogP contribution < -0.4 is 10.2 Å². The molecule has 1 aliphatic rings. The number of ether oxygens (including phenoxy) is 1. The summed E-state index contributed by atoms with van der Waals surface area (Å²) in [5, 5.41) is 14.6. The Hall–Kier alpha value is -3.51. The van der Waals surface area contributed by atoms with E-state index < -0.39 is 36.1 Å². The van der Waals surface area contributed by atoms with Gasteiger partial charge in [0.15, 0.2) is 6.10 Å². The number of aliphatic hydroxyl groups is 1. The van der Waals surface area contributed by atoms with Gasteiger partial charge in [-0.1, -0.05) is 56.7 Å². The first-order valence-electron chi connectivity index (χ1n) is 14.3. The van der Waals surface area contributed by atoms with Crippen molar-refractivity contribution in [3.8, 4) is 0 Å². The van der Waals surface area contributed by atoms with Crippen molar-refractivity contribution in [2.45, 2.75) is 49.8 Å². The summed E-state index contributed by atoms with van der Waals surface area (Å²) in [5.74, 6) is -0.610. The summed E-state index contributed by atoms with van der Waals surface area (Å²) >= 11 is 3.17. The van der Waals surface area contributed by atoms with Gasteiger partial charge >= 0.3 is 6.09 Å². The van der Waals surface area contributed by atoms with Crippen molar-refractivity contribution in [2.24, 2.45) is 5.92 Å². The lowest BCUT2D eigenvalue weighted by molar-refractivity contribution is -0.129. The monoisotopic (exact) mass is 622 g/mol. The van der Waals surface area contributed by atoms with Crippen molar-refractivity contribution in [1.29, 1.82) is 0 Å². The lowest BCUT2D eigenvalue weighted by Crippen LogP contribution is -2.52. The van der Waals surface area contributed by atoms with E-state index in [-0.39, 0.29) is 6.54 Å². The summed E-state index contributed by atoms with van der Waals surface area (Å²) < 4.78 is 22.4. The van der Waals surface area contributed by atoms with E-state index in [2.05, 4.69) is 34.5 Å². The number of thiazole rings is 1. The number of aromatic nitrogens is 1. The topological polar surface area (TPSA) is 95.0 Å². The average Bonchev–Trinajstić information content (AvgIpc) is 3.63. The maximum absolute atomic E-state index is 13.8. The minimum Gasteiger partial charge on any atom is -0.434 e. The van der Waals surface area contributed by atoms with E-state index in [0.29, 0.717) is 24.6 Å². The zero-order valence-corrected chi connectivity index (χ0v) is 25.7. The Morgan fingerprint density at radius 3 is 2.77 bits per heavy atom. The third-order valence-corrected chi connectivity index (χ3v) is 9.27. The lowest BCUT2D eigenvalue weighted by Gasteiger charge is -2.31. The Kier molecular flexibility index (Phi) is 10.3. The number of hydrogen-bond acceptors (Lipinski definition) is 8. The number of rotatable bonds is 13. The predicted octanol–water partition coefficient (Wildman–Crippen LogP) is 5.90. The number of amides is 2. The van der Waals surface area contributed by atoms with Gasteiger partial charge in [-0.05, 0) is 66.2 Å². The molecule has 2 amide bonds. The number of halogens is 1. The quantitative estimate of drug-likeness (QED) is 0.179. The highest BCUT2D eigenvalue weighted by molar-refractivity contribution is 7.97. The maximum Gasteiger partial charge on any atom is 0.415 e. The molecule has 43 heavy (non-hydrogen) atoms. The van der Waals surface area contributed by atoms with E-state index in [9.17, 15) is 19.1 Å². The van der Waals surface area contributed by atoms with E-state index >= 15 is 0 Å². The van der Waals surface area contributed by atoms with Gasteiger partial charge in [0, 0.05) is 18.0 Å². The number of nitrogens with one attached hydrogen (secondary N) is 1. The molecule has 2 N–H and O–H groups in total. The van der Waals surface area contributed by atoms with Gasteiger partial charge in [0.25, 0.3) is 5.91 Å². The average molecular weight is 623 g/mol. The molecule has 1 fully saturated rings. The molecule has 3 aromatic carbocycles. The fourth-order valence-electron chi connectivity index (χ4n) is 4.88. The van der Waals surface area contributed by atoms with Crippen LogP contribution in [0.15, 0.2) is 83.2 Å². The van der Waals surface area contributed by atoms with Crippen molar-refractivity contribution >= 4 is 51.2 Å². The van der Waals surface area contributed by atoms with Crippen molar-refractivity contribution in [1.82, 2.24) is 14.6 Å². The fraction of sp³-hybridized carbons (Fsp3) is 0.344. The van der Waals surface area contributed by atoms with Crippen molar-refractivity contribution < 1.29 is 23.8 Å². The maximum atomic E-state index is 13.8. The van der Waals surface area contributed by atoms with Crippen LogP contribution in [0.5, 0.6) is 0 Å². The van der Waals surface area contributed by atoms with Crippen LogP contribution in [0.1, 0.15) is 25.8 Å². The molecule has 4 aromatic rings. The molecule has 0 bridgehead atoms. The Morgan fingerprint density at radius 2 is 2.00 bits per heavy atom. The standard InChI is InChI=1S/C32H35FN4O4S2/c1-3-21(2)17-36(43-25-12-13-26-30(16-25)42-20-34-26)18-28(38)27(14-22-8-5-4-6-9-22)35-31(39)29-19-37(32(40)41-29)24-11-7-10-23(33)15-24/h4-13,15-16,20-21,27-29,38H,3,14,17-19H2,1-2H3,(H,35,39). The van der Waals surface area contributed by atoms with Gasteiger partial charge in [0.1, 0.15) is 5.82 Å². The molecule has 8 nitrogen and oxygen atoms in total. The second-order valence-corrected chi connectivity index (χ2v) is 12.8. The highest BCUT2D eigenvalue weighted by atomic mass is 32.2. The first-order chi connectivity index (χ1) is 20.8. The molecular weight excluding hydrogens is 588 g/mol. The van der Waals surface area contributed by atoms with Crippen LogP contribution in [-0.2, 0) is 16.0 Å². The third kappa shape index (κ3) is 8.11. The SMILES string of the molecule is CCC(C)CN(CC(O)C(Cc1ccccc1)NC(=O)C1CN(c2cccc(F)c2)C(=O)O1)Sc1ccc2ncsc2c1. The van der Waals surface area contributed by atoms with Gasteiger partial charge in [-0.3, -0.25) is 9.69 Å². The van der Waals surface area contributed by atoms with E-state index in [1.165, 1.54) is 23.1 Å². The molecule has 0 aliphatic carbocycles. The van der Waals surface area contributed by atoms with Gasteiger partial charge < -0.3 is 15.2 Å². The van der Waals surface area contributed by atoms with E-state index in [0.717, 1.165) is 33.6 Å². The predicted molar refractivity (Wildman–Crippen MR) is 169 cm³/mol. The largest absolute Gasteiger partial charge is 0.434 e. The first-order valence-corrected chi connectivity index (χ1v) is 16.0. The van der Waals surface area contributed by atoms with Gasteiger partial charge in [-0.25, -0.2) is 18.5 Å². The van der Waals surface area contributed by atoms with Crippen LogP contribution in [0.4, 0.5) is 14.9 Å². The number of fused-ring (bicyclic) bond motifs is 1. The Labute approximate surface area is 259 Å². The van der Waals surface area contributed by atoms with E-state index in [4.69, 9.17) is 4.74 Å². The summed E-state index contributed by atoms with van der Waals surface area (Å²) in [7, 11) is 0. The molecule has 0 saturated carbocycles. The molecule has 2 heterocycles. The van der Waals surface area contributed by atoms with Crippen molar-refractivity contribution in [2.75, 3.05) is 24.5 Å². The summed E-state index contributed by atoms with van der Waals surface area (Å²) in [6.07, 6.45) is -1.38. The van der Waals surface area contributed by atoms with Crippen LogP contribution in [0, 0.1) is 11.7 Å². The minimum absolute atomic E-state index is 0.0572. The van der Waals surface area contributed by atoms with Gasteiger partial charge in [0.05, 0.1) is 40.1 Å². The van der Waals surface area contributed by atoms with Crippen LogP contribution in [-0.4, -0.2) is 64.3 Å². The third-order valence-electron chi connectivity index (χ3n) is 7.45. The molecule has 0 radical (unpaired) electrons. The van der Waals surface area contributed by atoms with Gasteiger partial charge in [0.2, 0.25) is 0 Å². The highest BCUT2D eigenvalue weighted by Crippen LogP contribution is 2.30. The van der Waals surface area contributed by atoms with Crippen LogP contribution in [0.25, 0.3) is 10.2 Å². The van der Waals surface area contributed by atoms with Crippen molar-refractivity contribution in [3.05, 3.63) is 89.7 Å². The molecule has 11 heteroatoms. The van der Waals surface area contributed by atoms with Crippen LogP contribution in [0.2, 0.25) is 0 Å². The number of cyclic esters (lactones) is 1. The zero-order chi connectivity index (χ0) is 30.3. The molecule has 5 rings (SSSR count). The number of nitrogens with zero attached hydrogens (tertiary/aromatic N) is 3. The van der Waals surface area contributed by atoms with Crippen LogP contribution >= 0.6 is 23.3 Å². The number of aliphatic hydroxyl groups excluding tert-OH is 1. The number of benzene rings is 3. The summed E-state index contributed by atoms with van der Waals surface area (Å²) in [6, 6.07) is 20.7. The minimum atomic E-state index is -1.10. The molecule has 1 aromatic heterocycles. The second kappa shape index (κ2) is 14.3. The molecule has 4 unspecified atom stereocenters. The first kappa shape index (κ1) is 30.9. The summed E-state index contributed by atoms with van der Waals surface area (Å²) in [4.78, 5) is 32.6. The van der Waals surface area contributed by atoms with E-state index in [1.807, 2.05) is 48.0 Å². The molecule has 1 aliphatic heterocycles. The molecule has 1 saturated heterocycles. The zero-order valence-electron chi connectivity index (χ0n) is 24.1. The Balaban J connectivity index is 1.31. The fourth-order valence-corrected chi connectivity index (χ4v) is 6.83. The van der Waals surface area contributed by atoms with Gasteiger partial charge in [-0.15, -0.1) is 11.3 Å². The summed E-state index contributed by atoms with van der Waals surface area (Å²) in [6.45, 7) is 5.30. The lowest BCUT2D eigenvalue weighted by atomic mass is 10.0. The molecule has 4 atom stereocenters. The van der Waals surface area contributed by atoms with Gasteiger partial charge in [-0.2, -0.15) is 0 Å². The van der Waals surface area contributed by atoms with Crippen molar-refractivity contribution in [3.63, 3.8) is 0 Å². The highest BCUT2D eigenvalue weighted by Gasteiger charge is 2.38. The normalized spacial score (nSPS) is 17.2. The smallest absolute Gasteiger partial charge is 0.415 e. The molecule has 226 valence electrons. The summed E-state index contributed by atoms with van der Waals surface area (Å²) in [5.41, 5.74) is 4.05. The Morgan fingerprint density at radius 1 is 1.19 bits per heavy atom. The second-order valence-electron chi connectivity index (χ2n) is 10.8. The van der Waals surface area contributed by atoms with E-state index in [1.54, 1.807) is 29.4 Å². The number of carbonyl (C=O) groups is 2. The molecular formula is C32H35FN4O4S2. The number of anilines is 1. The Bertz CT molecular complexity index is 1540. The number of carbonyl (C=O) groups excluding carboxylic acids is 2. The van der Waals surface area contributed by atoms with Crippen LogP contribution in [0.3, 0.4) is 0 Å². The number of hydrogen-bond donors (Lipinski definition) is 2. The molecule has 0 spiro atoms.